The van der Waals surface area contributed by atoms with E-state index in [1.54, 1.807) is 20.8 Å². The number of hydrogen-bond donors (Lipinski definition) is 0. The minimum absolute atomic E-state index is 0.147. The fourth-order valence-electron chi connectivity index (χ4n) is 1.11. The molecule has 4 nitrogen and oxygen atoms in total. The number of aromatic nitrogens is 2. The van der Waals surface area contributed by atoms with E-state index in [1.165, 1.54) is 0 Å². The zero-order valence-corrected chi connectivity index (χ0v) is 9.05. The number of hydrogen-bond acceptors (Lipinski definition) is 4. The number of nitrogens with zero attached hydrogens (tertiary/aromatic N) is 2. The fraction of sp³-hybridized carbons (Fsp3) is 0.444. The molecule has 0 spiro atoms. The largest absolute Gasteiger partial charge is 0.462 e. The van der Waals surface area contributed by atoms with Gasteiger partial charge in [-0.15, -0.1) is 0 Å². The molecular formula is C9H11ClN2O2. The van der Waals surface area contributed by atoms with Crippen molar-refractivity contribution in [1.29, 1.82) is 0 Å². The summed E-state index contributed by atoms with van der Waals surface area (Å²) >= 11 is 5.81. The molecule has 0 aromatic carbocycles. The van der Waals surface area contributed by atoms with Crippen molar-refractivity contribution in [3.63, 3.8) is 0 Å². The van der Waals surface area contributed by atoms with Crippen LogP contribution in [0.25, 0.3) is 0 Å². The minimum atomic E-state index is -0.477. The van der Waals surface area contributed by atoms with Gasteiger partial charge in [0.25, 0.3) is 0 Å². The van der Waals surface area contributed by atoms with Crippen LogP contribution in [0.5, 0.6) is 0 Å². The molecule has 0 fully saturated rings. The molecule has 0 unspecified atom stereocenters. The Morgan fingerprint density at radius 2 is 2.07 bits per heavy atom. The first kappa shape index (κ1) is 10.9. The third-order valence-corrected chi connectivity index (χ3v) is 1.91. The summed E-state index contributed by atoms with van der Waals surface area (Å²) in [5, 5.41) is 0.147. The number of ether oxygens (including phenoxy) is 1. The molecule has 0 saturated carbocycles. The van der Waals surface area contributed by atoms with Crippen LogP contribution in [0.15, 0.2) is 0 Å². The first-order chi connectivity index (χ1) is 6.56. The van der Waals surface area contributed by atoms with Crippen LogP contribution in [0, 0.1) is 13.8 Å². The van der Waals surface area contributed by atoms with E-state index >= 15 is 0 Å². The molecule has 1 rings (SSSR count). The molecule has 0 amide bonds. The van der Waals surface area contributed by atoms with Gasteiger partial charge in [-0.2, -0.15) is 0 Å². The lowest BCUT2D eigenvalue weighted by atomic mass is 10.2. The average Bonchev–Trinajstić information content (AvgIpc) is 2.01. The summed E-state index contributed by atoms with van der Waals surface area (Å²) < 4.78 is 4.83. The number of halogens is 1. The molecule has 0 aliphatic rings. The highest BCUT2D eigenvalue weighted by atomic mass is 35.5. The first-order valence-corrected chi connectivity index (χ1v) is 4.62. The van der Waals surface area contributed by atoms with E-state index < -0.39 is 5.97 Å². The van der Waals surface area contributed by atoms with Crippen molar-refractivity contribution in [2.45, 2.75) is 20.8 Å². The van der Waals surface area contributed by atoms with Gasteiger partial charge < -0.3 is 4.74 Å². The van der Waals surface area contributed by atoms with Crippen molar-refractivity contribution < 1.29 is 9.53 Å². The Kier molecular flexibility index (Phi) is 3.41. The van der Waals surface area contributed by atoms with Gasteiger partial charge in [-0.3, -0.25) is 0 Å². The van der Waals surface area contributed by atoms with Crippen molar-refractivity contribution in [2.75, 3.05) is 6.61 Å². The third-order valence-electron chi connectivity index (χ3n) is 1.64. The second kappa shape index (κ2) is 4.37. The normalized spacial score (nSPS) is 10.0. The summed E-state index contributed by atoms with van der Waals surface area (Å²) in [6.45, 7) is 5.46. The second-order valence-corrected chi connectivity index (χ2v) is 3.10. The van der Waals surface area contributed by atoms with Gasteiger partial charge in [0, 0.05) is 0 Å². The van der Waals surface area contributed by atoms with Gasteiger partial charge in [0.1, 0.15) is 16.5 Å². The lowest BCUT2D eigenvalue weighted by Crippen LogP contribution is -2.10. The number of esters is 1. The maximum atomic E-state index is 11.4. The van der Waals surface area contributed by atoms with Crippen molar-refractivity contribution >= 4 is 17.6 Å². The van der Waals surface area contributed by atoms with Crippen LogP contribution >= 0.6 is 11.6 Å². The standard InChI is InChI=1S/C9H11ClN2O2/c1-4-14-9(13)7-5(2)11-6(3)12-8(7)10/h4H2,1-3H3. The first-order valence-electron chi connectivity index (χ1n) is 4.24. The Hall–Kier alpha value is -1.16. The quantitative estimate of drug-likeness (QED) is 0.558. The fourth-order valence-corrected chi connectivity index (χ4v) is 1.44. The minimum Gasteiger partial charge on any atom is -0.462 e. The van der Waals surface area contributed by atoms with Crippen LogP contribution in [-0.4, -0.2) is 22.5 Å². The van der Waals surface area contributed by atoms with Gasteiger partial charge in [-0.1, -0.05) is 11.6 Å². The summed E-state index contributed by atoms with van der Waals surface area (Å²) in [6, 6.07) is 0. The van der Waals surface area contributed by atoms with Crippen molar-refractivity contribution in [3.8, 4) is 0 Å². The molecule has 0 saturated heterocycles. The summed E-state index contributed by atoms with van der Waals surface area (Å²) in [4.78, 5) is 19.3. The molecule has 0 aliphatic carbocycles. The van der Waals surface area contributed by atoms with Crippen LogP contribution in [0.3, 0.4) is 0 Å². The summed E-state index contributed by atoms with van der Waals surface area (Å²) in [6.07, 6.45) is 0. The molecule has 1 aromatic heterocycles. The molecule has 0 radical (unpaired) electrons. The van der Waals surface area contributed by atoms with E-state index in [9.17, 15) is 4.79 Å². The van der Waals surface area contributed by atoms with E-state index in [0.29, 0.717) is 18.1 Å². The average molecular weight is 215 g/mol. The second-order valence-electron chi connectivity index (χ2n) is 2.74. The maximum Gasteiger partial charge on any atom is 0.343 e. The van der Waals surface area contributed by atoms with Gasteiger partial charge >= 0.3 is 5.97 Å². The van der Waals surface area contributed by atoms with Crippen molar-refractivity contribution in [2.24, 2.45) is 0 Å². The van der Waals surface area contributed by atoms with Gasteiger partial charge in [-0.25, -0.2) is 14.8 Å². The number of carbonyl (C=O) groups is 1. The molecule has 1 heterocycles. The third kappa shape index (κ3) is 2.20. The Morgan fingerprint density at radius 1 is 1.43 bits per heavy atom. The van der Waals surface area contributed by atoms with Gasteiger partial charge in [-0.05, 0) is 20.8 Å². The molecule has 0 N–H and O–H groups in total. The SMILES string of the molecule is CCOC(=O)c1c(C)nc(C)nc1Cl. The predicted octanol–water partition coefficient (Wildman–Crippen LogP) is 1.92. The summed E-state index contributed by atoms with van der Waals surface area (Å²) in [5.74, 6) is 0.0653. The van der Waals surface area contributed by atoms with E-state index in [1.807, 2.05) is 0 Å². The van der Waals surface area contributed by atoms with Gasteiger partial charge in [0.05, 0.1) is 12.3 Å². The van der Waals surface area contributed by atoms with Crippen molar-refractivity contribution in [1.82, 2.24) is 9.97 Å². The van der Waals surface area contributed by atoms with Crippen LogP contribution in [0.4, 0.5) is 0 Å². The predicted molar refractivity (Wildman–Crippen MR) is 52.5 cm³/mol. The Labute approximate surface area is 87.3 Å². The van der Waals surface area contributed by atoms with Crippen LogP contribution < -0.4 is 0 Å². The molecule has 1 aromatic rings. The smallest absolute Gasteiger partial charge is 0.343 e. The van der Waals surface area contributed by atoms with E-state index in [-0.39, 0.29) is 10.7 Å². The zero-order chi connectivity index (χ0) is 10.7. The Morgan fingerprint density at radius 3 is 2.57 bits per heavy atom. The molecule has 14 heavy (non-hydrogen) atoms. The number of aryl methyl sites for hydroxylation is 2. The van der Waals surface area contributed by atoms with E-state index in [4.69, 9.17) is 16.3 Å². The van der Waals surface area contributed by atoms with Crippen molar-refractivity contribution in [3.05, 3.63) is 22.2 Å². The van der Waals surface area contributed by atoms with Crippen LogP contribution in [-0.2, 0) is 4.74 Å². The summed E-state index contributed by atoms with van der Waals surface area (Å²) in [5.41, 5.74) is 0.792. The van der Waals surface area contributed by atoms with Crippen LogP contribution in [0.1, 0.15) is 28.8 Å². The maximum absolute atomic E-state index is 11.4. The highest BCUT2D eigenvalue weighted by molar-refractivity contribution is 6.32. The lowest BCUT2D eigenvalue weighted by Gasteiger charge is -2.06. The number of carbonyl (C=O) groups excluding carboxylic acids is 1. The molecular weight excluding hydrogens is 204 g/mol. The molecule has 76 valence electrons. The van der Waals surface area contributed by atoms with Gasteiger partial charge in [0.15, 0.2) is 0 Å². The summed E-state index contributed by atoms with van der Waals surface area (Å²) in [7, 11) is 0. The Balaban J connectivity index is 3.14. The monoisotopic (exact) mass is 214 g/mol. The highest BCUT2D eigenvalue weighted by Crippen LogP contribution is 2.17. The molecule has 0 bridgehead atoms. The molecule has 0 atom stereocenters. The zero-order valence-electron chi connectivity index (χ0n) is 8.30. The lowest BCUT2D eigenvalue weighted by molar-refractivity contribution is 0.0524. The van der Waals surface area contributed by atoms with Crippen LogP contribution in [0.2, 0.25) is 5.15 Å². The number of rotatable bonds is 2. The molecule has 0 aliphatic heterocycles. The van der Waals surface area contributed by atoms with Gasteiger partial charge in [0.2, 0.25) is 0 Å². The van der Waals surface area contributed by atoms with E-state index in [0.717, 1.165) is 0 Å². The molecule has 5 heteroatoms. The topological polar surface area (TPSA) is 52.1 Å². The van der Waals surface area contributed by atoms with E-state index in [2.05, 4.69) is 9.97 Å². The highest BCUT2D eigenvalue weighted by Gasteiger charge is 2.17. The Bertz CT molecular complexity index is 343.